The van der Waals surface area contributed by atoms with E-state index < -0.39 is 33.6 Å². The molecular weight excluding hydrogens is 405 g/mol. The predicted molar refractivity (Wildman–Crippen MR) is 83.5 cm³/mol. The number of rotatable bonds is 5. The van der Waals surface area contributed by atoms with Gasteiger partial charge in [-0.15, -0.1) is 10.2 Å². The number of aromatic amines is 1. The Morgan fingerprint density at radius 1 is 1.64 bits per heavy atom. The fourth-order valence-electron chi connectivity index (χ4n) is 1.76. The number of hydrogen-bond donors (Lipinski definition) is 2. The average molecular weight is 412 g/mol. The van der Waals surface area contributed by atoms with E-state index in [1.807, 2.05) is 0 Å². The molecule has 128 valence electrons. The second-order valence-corrected chi connectivity index (χ2v) is 5.09. The highest BCUT2D eigenvalue weighted by molar-refractivity contribution is 9.10. The molecule has 25 heavy (non-hydrogen) atoms. The summed E-state index contributed by atoms with van der Waals surface area (Å²) in [5.41, 5.74) is -1.98. The van der Waals surface area contributed by atoms with Gasteiger partial charge in [0.05, 0.1) is 16.5 Å². The number of nitriles is 1. The summed E-state index contributed by atoms with van der Waals surface area (Å²) in [4.78, 5) is 22.3. The molecule has 11 nitrogen and oxygen atoms in total. The number of anilines is 1. The van der Waals surface area contributed by atoms with Crippen LogP contribution < -0.4 is 5.32 Å². The number of carbonyl (C=O) groups is 1. The van der Waals surface area contributed by atoms with Crippen molar-refractivity contribution in [3.8, 4) is 6.07 Å². The van der Waals surface area contributed by atoms with Crippen LogP contribution in [0.4, 0.5) is 15.8 Å². The van der Waals surface area contributed by atoms with Gasteiger partial charge < -0.3 is 10.1 Å². The summed E-state index contributed by atoms with van der Waals surface area (Å²) in [6.07, 6.45) is 0.979. The van der Waals surface area contributed by atoms with E-state index in [4.69, 9.17) is 5.26 Å². The molecule has 0 saturated carbocycles. The molecule has 0 saturated heterocycles. The van der Waals surface area contributed by atoms with Gasteiger partial charge in [-0.25, -0.2) is 9.18 Å². The Kier molecular flexibility index (Phi) is 5.35. The van der Waals surface area contributed by atoms with E-state index in [0.717, 1.165) is 19.4 Å². The van der Waals surface area contributed by atoms with Crippen molar-refractivity contribution in [1.29, 1.82) is 5.26 Å². The number of methoxy groups -OCH3 is 1. The fraction of sp³-hybridized carbons (Fsp3) is 0.0833. The number of esters is 1. The number of nitrogens with zero attached hydrogens (tertiary/aromatic N) is 5. The first kappa shape index (κ1) is 17.9. The molecule has 0 spiro atoms. The molecule has 0 aliphatic carbocycles. The van der Waals surface area contributed by atoms with Crippen LogP contribution in [0.2, 0.25) is 0 Å². The standard InChI is InChI=1S/C12H7BrFN7O4/c1-25-12(22)8-9(14)6(13)2-7(21(23)24)10(8)16-4-5(3-15)11-17-19-20-18-11/h2,4,16H,1H3,(H,17,18,19,20). The van der Waals surface area contributed by atoms with Crippen LogP contribution in [-0.4, -0.2) is 38.6 Å². The first-order valence-corrected chi connectivity index (χ1v) is 7.05. The van der Waals surface area contributed by atoms with E-state index in [1.165, 1.54) is 0 Å². The number of allylic oxidation sites excluding steroid dienone is 1. The number of hydrogen-bond acceptors (Lipinski definition) is 9. The van der Waals surface area contributed by atoms with E-state index in [2.05, 4.69) is 46.6 Å². The Balaban J connectivity index is 2.62. The molecule has 0 amide bonds. The number of H-pyrrole nitrogens is 1. The lowest BCUT2D eigenvalue weighted by Crippen LogP contribution is -2.11. The van der Waals surface area contributed by atoms with Crippen molar-refractivity contribution >= 4 is 38.8 Å². The first-order valence-electron chi connectivity index (χ1n) is 6.26. The quantitative estimate of drug-likeness (QED) is 0.323. The summed E-state index contributed by atoms with van der Waals surface area (Å²) in [6, 6.07) is 2.61. The summed E-state index contributed by atoms with van der Waals surface area (Å²) < 4.78 is 18.5. The Morgan fingerprint density at radius 2 is 2.36 bits per heavy atom. The van der Waals surface area contributed by atoms with Crippen LogP contribution in [0.25, 0.3) is 5.57 Å². The van der Waals surface area contributed by atoms with Crippen molar-refractivity contribution in [3.63, 3.8) is 0 Å². The van der Waals surface area contributed by atoms with Crippen molar-refractivity contribution in [3.05, 3.63) is 44.1 Å². The molecule has 1 aromatic carbocycles. The molecular formula is C12H7BrFN7O4. The first-order chi connectivity index (χ1) is 11.9. The highest BCUT2D eigenvalue weighted by Gasteiger charge is 2.29. The SMILES string of the molecule is COC(=O)c1c(F)c(Br)cc([N+](=O)[O-])c1NC=C(C#N)c1nn[nH]n1. The molecule has 0 aliphatic heterocycles. The molecule has 1 heterocycles. The lowest BCUT2D eigenvalue weighted by atomic mass is 10.1. The average Bonchev–Trinajstić information content (AvgIpc) is 3.11. The number of tetrazole rings is 1. The van der Waals surface area contributed by atoms with Gasteiger partial charge in [-0.2, -0.15) is 10.5 Å². The molecule has 0 radical (unpaired) electrons. The molecule has 0 bridgehead atoms. The number of carbonyl (C=O) groups excluding carboxylic acids is 1. The summed E-state index contributed by atoms with van der Waals surface area (Å²) >= 11 is 2.81. The van der Waals surface area contributed by atoms with Gasteiger partial charge in [-0.3, -0.25) is 10.1 Å². The minimum absolute atomic E-state index is 0.102. The van der Waals surface area contributed by atoms with Crippen molar-refractivity contribution < 1.29 is 18.8 Å². The molecule has 2 aromatic rings. The smallest absolute Gasteiger partial charge is 0.343 e. The van der Waals surface area contributed by atoms with Crippen LogP contribution >= 0.6 is 15.9 Å². The normalized spacial score (nSPS) is 10.9. The van der Waals surface area contributed by atoms with Crippen molar-refractivity contribution in [2.24, 2.45) is 0 Å². The third kappa shape index (κ3) is 3.58. The van der Waals surface area contributed by atoms with Gasteiger partial charge in [0, 0.05) is 12.3 Å². The minimum atomic E-state index is -1.14. The highest BCUT2D eigenvalue weighted by atomic mass is 79.9. The zero-order valence-electron chi connectivity index (χ0n) is 12.3. The largest absolute Gasteiger partial charge is 0.465 e. The topological polar surface area (TPSA) is 160 Å². The maximum Gasteiger partial charge on any atom is 0.343 e. The van der Waals surface area contributed by atoms with Crippen LogP contribution in [0.15, 0.2) is 16.7 Å². The Hall–Kier alpha value is -3.40. The van der Waals surface area contributed by atoms with Gasteiger partial charge >= 0.3 is 5.97 Å². The number of halogens is 2. The van der Waals surface area contributed by atoms with Crippen molar-refractivity contribution in [1.82, 2.24) is 20.6 Å². The third-order valence-corrected chi connectivity index (χ3v) is 3.43. The molecule has 0 aliphatic rings. The molecule has 0 unspecified atom stereocenters. The number of benzene rings is 1. The maximum atomic E-state index is 14.3. The van der Waals surface area contributed by atoms with E-state index in [1.54, 1.807) is 6.07 Å². The van der Waals surface area contributed by atoms with Crippen molar-refractivity contribution in [2.75, 3.05) is 12.4 Å². The lowest BCUT2D eigenvalue weighted by Gasteiger charge is -2.11. The van der Waals surface area contributed by atoms with E-state index >= 15 is 0 Å². The monoisotopic (exact) mass is 411 g/mol. The second-order valence-electron chi connectivity index (χ2n) is 4.24. The third-order valence-electron chi connectivity index (χ3n) is 2.85. The van der Waals surface area contributed by atoms with Gasteiger partial charge in [-0.1, -0.05) is 0 Å². The van der Waals surface area contributed by atoms with Gasteiger partial charge in [-0.05, 0) is 21.1 Å². The lowest BCUT2D eigenvalue weighted by molar-refractivity contribution is -0.384. The van der Waals surface area contributed by atoms with Gasteiger partial charge in [0.2, 0.25) is 5.82 Å². The zero-order valence-corrected chi connectivity index (χ0v) is 13.9. The predicted octanol–water partition coefficient (Wildman–Crippen LogP) is 1.77. The fourth-order valence-corrected chi connectivity index (χ4v) is 2.18. The maximum absolute atomic E-state index is 14.3. The molecule has 1 aromatic heterocycles. The van der Waals surface area contributed by atoms with Crippen LogP contribution in [-0.2, 0) is 4.74 Å². The van der Waals surface area contributed by atoms with Crippen LogP contribution in [0.1, 0.15) is 16.2 Å². The molecule has 0 fully saturated rings. The summed E-state index contributed by atoms with van der Waals surface area (Å²) in [5, 5.41) is 35.3. The van der Waals surface area contributed by atoms with E-state index in [9.17, 15) is 19.3 Å². The van der Waals surface area contributed by atoms with E-state index in [-0.39, 0.29) is 15.9 Å². The van der Waals surface area contributed by atoms with E-state index in [0.29, 0.717) is 0 Å². The molecule has 13 heteroatoms. The highest BCUT2D eigenvalue weighted by Crippen LogP contribution is 2.36. The Morgan fingerprint density at radius 3 is 2.88 bits per heavy atom. The zero-order chi connectivity index (χ0) is 18.6. The molecule has 2 rings (SSSR count). The molecule has 2 N–H and O–H groups in total. The van der Waals surface area contributed by atoms with Gasteiger partial charge in [0.1, 0.15) is 22.9 Å². The van der Waals surface area contributed by atoms with Crippen molar-refractivity contribution in [2.45, 2.75) is 0 Å². The van der Waals surface area contributed by atoms with Crippen LogP contribution in [0.3, 0.4) is 0 Å². The Bertz CT molecular complexity index is 907. The summed E-state index contributed by atoms with van der Waals surface area (Å²) in [5.74, 6) is -2.31. The number of nitrogens with one attached hydrogen (secondary N) is 2. The number of aromatic nitrogens is 4. The second kappa shape index (κ2) is 7.45. The van der Waals surface area contributed by atoms with Crippen LogP contribution in [0, 0.1) is 27.3 Å². The van der Waals surface area contributed by atoms with Gasteiger partial charge in [0.15, 0.2) is 5.82 Å². The number of nitro groups is 1. The minimum Gasteiger partial charge on any atom is -0.465 e. The summed E-state index contributed by atoms with van der Waals surface area (Å²) in [6.45, 7) is 0. The number of nitro benzene ring substituents is 1. The Labute approximate surface area is 146 Å². The van der Waals surface area contributed by atoms with Gasteiger partial charge in [0.25, 0.3) is 5.69 Å². The summed E-state index contributed by atoms with van der Waals surface area (Å²) in [7, 11) is 0.994. The molecule has 0 atom stereocenters. The number of ether oxygens (including phenoxy) is 1. The van der Waals surface area contributed by atoms with Crippen LogP contribution in [0.5, 0.6) is 0 Å².